The number of aryl methyl sites for hydroxylation is 3. The predicted octanol–water partition coefficient (Wildman–Crippen LogP) is 2.54. The number of hydrogen-bond acceptors (Lipinski definition) is 5. The Morgan fingerprint density at radius 2 is 1.76 bits per heavy atom. The summed E-state index contributed by atoms with van der Waals surface area (Å²) in [6, 6.07) is 5.10. The highest BCUT2D eigenvalue weighted by atomic mass is 35.5. The van der Waals surface area contributed by atoms with Crippen molar-refractivity contribution in [1.29, 1.82) is 0 Å². The monoisotopic (exact) mass is 504 g/mol. The van der Waals surface area contributed by atoms with E-state index in [9.17, 15) is 9.59 Å². The highest BCUT2D eigenvalue weighted by molar-refractivity contribution is 6.35. The van der Waals surface area contributed by atoms with E-state index in [1.165, 1.54) is 4.57 Å². The fourth-order valence-electron chi connectivity index (χ4n) is 4.59. The molecule has 4 aromatic rings. The van der Waals surface area contributed by atoms with E-state index < -0.39 is 11.2 Å². The molecule has 1 aromatic carbocycles. The summed E-state index contributed by atoms with van der Waals surface area (Å²) in [4.78, 5) is 33.7. The molecule has 5 rings (SSSR count). The molecule has 0 saturated carbocycles. The average molecular weight is 505 g/mol. The van der Waals surface area contributed by atoms with Crippen LogP contribution in [0.15, 0.2) is 34.0 Å². The van der Waals surface area contributed by atoms with Crippen molar-refractivity contribution >= 4 is 40.1 Å². The summed E-state index contributed by atoms with van der Waals surface area (Å²) < 4.78 is 11.9. The molecule has 0 aliphatic carbocycles. The topological polar surface area (TPSA) is 78.7 Å². The molecule has 1 aliphatic heterocycles. The number of benzene rings is 1. The van der Waals surface area contributed by atoms with Gasteiger partial charge in [0.25, 0.3) is 5.56 Å². The van der Waals surface area contributed by atoms with E-state index in [-0.39, 0.29) is 6.54 Å². The minimum Gasteiger partial charge on any atom is -0.379 e. The van der Waals surface area contributed by atoms with Crippen LogP contribution in [0.1, 0.15) is 17.7 Å². The smallest absolute Gasteiger partial charge is 0.332 e. The summed E-state index contributed by atoms with van der Waals surface area (Å²) in [5, 5.41) is 0.810. The van der Waals surface area contributed by atoms with E-state index in [0.29, 0.717) is 32.6 Å². The van der Waals surface area contributed by atoms with Gasteiger partial charge in [-0.05, 0) is 25.5 Å². The van der Waals surface area contributed by atoms with Crippen LogP contribution in [0, 0.1) is 6.92 Å². The minimum absolute atomic E-state index is 0.0214. The number of rotatable bonds is 6. The Morgan fingerprint density at radius 3 is 2.47 bits per heavy atom. The summed E-state index contributed by atoms with van der Waals surface area (Å²) in [7, 11) is 1.62. The van der Waals surface area contributed by atoms with Crippen molar-refractivity contribution in [3.05, 3.63) is 66.5 Å². The Bertz CT molecular complexity index is 1470. The number of halogens is 2. The largest absolute Gasteiger partial charge is 0.379 e. The highest BCUT2D eigenvalue weighted by Gasteiger charge is 2.21. The SMILES string of the molecule is Cc1cn2c3c(=O)n(Cc4c(Cl)cccc4Cl)c(=O)n(C)c3nc2n1CCCN1CCOCC1. The van der Waals surface area contributed by atoms with Gasteiger partial charge in [-0.25, -0.2) is 4.79 Å². The van der Waals surface area contributed by atoms with Crippen LogP contribution in [0.2, 0.25) is 10.0 Å². The molecule has 1 fully saturated rings. The second kappa shape index (κ2) is 9.22. The zero-order valence-electron chi connectivity index (χ0n) is 19.1. The van der Waals surface area contributed by atoms with Crippen LogP contribution >= 0.6 is 23.2 Å². The minimum atomic E-state index is -0.468. The van der Waals surface area contributed by atoms with E-state index >= 15 is 0 Å². The third-order valence-corrected chi connectivity index (χ3v) is 7.19. The maximum absolute atomic E-state index is 13.5. The van der Waals surface area contributed by atoms with Gasteiger partial charge < -0.3 is 9.30 Å². The van der Waals surface area contributed by atoms with E-state index in [4.69, 9.17) is 32.9 Å². The van der Waals surface area contributed by atoms with Crippen molar-refractivity contribution in [1.82, 2.24) is 28.0 Å². The third kappa shape index (κ3) is 3.96. The Morgan fingerprint density at radius 1 is 1.06 bits per heavy atom. The first-order chi connectivity index (χ1) is 16.4. The van der Waals surface area contributed by atoms with Crippen LogP contribution in [0.5, 0.6) is 0 Å². The van der Waals surface area contributed by atoms with Crippen molar-refractivity contribution in [3.63, 3.8) is 0 Å². The van der Waals surface area contributed by atoms with Crippen molar-refractivity contribution < 1.29 is 4.74 Å². The normalized spacial score (nSPS) is 15.1. The first-order valence-electron chi connectivity index (χ1n) is 11.3. The van der Waals surface area contributed by atoms with Gasteiger partial charge in [0.05, 0.1) is 19.8 Å². The van der Waals surface area contributed by atoms with Crippen LogP contribution in [-0.4, -0.2) is 60.8 Å². The molecule has 0 bridgehead atoms. The van der Waals surface area contributed by atoms with Crippen molar-refractivity contribution in [2.45, 2.75) is 26.4 Å². The van der Waals surface area contributed by atoms with Gasteiger partial charge >= 0.3 is 5.69 Å². The maximum atomic E-state index is 13.5. The number of ether oxygens (including phenoxy) is 1. The molecule has 4 heterocycles. The number of imidazole rings is 2. The van der Waals surface area contributed by atoms with Crippen LogP contribution in [0.4, 0.5) is 0 Å². The molecular formula is C23H26Cl2N6O3. The Kier molecular flexibility index (Phi) is 6.28. The molecule has 34 heavy (non-hydrogen) atoms. The Hall–Kier alpha value is -2.59. The van der Waals surface area contributed by atoms with E-state index in [2.05, 4.69) is 9.47 Å². The van der Waals surface area contributed by atoms with Crippen LogP contribution in [0.3, 0.4) is 0 Å². The molecular weight excluding hydrogens is 479 g/mol. The van der Waals surface area contributed by atoms with Gasteiger partial charge in [0.2, 0.25) is 5.78 Å². The highest BCUT2D eigenvalue weighted by Crippen LogP contribution is 2.25. The van der Waals surface area contributed by atoms with E-state index in [1.54, 1.807) is 29.6 Å². The molecule has 3 aromatic heterocycles. The first-order valence-corrected chi connectivity index (χ1v) is 12.0. The van der Waals surface area contributed by atoms with Gasteiger partial charge in [-0.2, -0.15) is 4.98 Å². The first kappa shape index (κ1) is 23.2. The molecule has 0 atom stereocenters. The van der Waals surface area contributed by atoms with Gasteiger partial charge in [0.15, 0.2) is 11.2 Å². The average Bonchev–Trinajstić information content (AvgIpc) is 3.33. The quantitative estimate of drug-likeness (QED) is 0.403. The van der Waals surface area contributed by atoms with Crippen LogP contribution in [-0.2, 0) is 24.9 Å². The molecule has 11 heteroatoms. The summed E-state index contributed by atoms with van der Waals surface area (Å²) >= 11 is 12.6. The summed E-state index contributed by atoms with van der Waals surface area (Å²) in [5.41, 5.74) is 1.35. The number of fused-ring (bicyclic) bond motifs is 3. The lowest BCUT2D eigenvalue weighted by molar-refractivity contribution is 0.0369. The second-order valence-electron chi connectivity index (χ2n) is 8.62. The van der Waals surface area contributed by atoms with E-state index in [1.807, 2.05) is 13.1 Å². The second-order valence-corrected chi connectivity index (χ2v) is 9.43. The molecule has 0 N–H and O–H groups in total. The van der Waals surface area contributed by atoms with Gasteiger partial charge in [0, 0.05) is 60.7 Å². The predicted molar refractivity (Wildman–Crippen MR) is 132 cm³/mol. The molecule has 0 spiro atoms. The fraction of sp³-hybridized carbons (Fsp3) is 0.435. The molecule has 0 amide bonds. The zero-order chi connectivity index (χ0) is 24.0. The van der Waals surface area contributed by atoms with Gasteiger partial charge in [-0.1, -0.05) is 29.3 Å². The lowest BCUT2D eigenvalue weighted by atomic mass is 10.2. The maximum Gasteiger partial charge on any atom is 0.332 e. The lowest BCUT2D eigenvalue weighted by Gasteiger charge is -2.26. The molecule has 9 nitrogen and oxygen atoms in total. The summed E-state index contributed by atoms with van der Waals surface area (Å²) in [5.74, 6) is 0.648. The number of nitrogens with zero attached hydrogens (tertiary/aromatic N) is 6. The summed E-state index contributed by atoms with van der Waals surface area (Å²) in [6.45, 7) is 7.16. The molecule has 1 saturated heterocycles. The van der Waals surface area contributed by atoms with Crippen LogP contribution in [0.25, 0.3) is 16.9 Å². The number of morpholine rings is 1. The van der Waals surface area contributed by atoms with Crippen molar-refractivity contribution in [2.75, 3.05) is 32.8 Å². The summed E-state index contributed by atoms with van der Waals surface area (Å²) in [6.07, 6.45) is 2.85. The standard InChI is InChI=1S/C23H26Cl2N6O3/c1-15-13-30-19-20(26-22(30)29(15)8-4-7-28-9-11-34-12-10-28)27(2)23(33)31(21(19)32)14-16-17(24)5-3-6-18(16)25/h3,5-6,13H,4,7-12,14H2,1-2H3. The van der Waals surface area contributed by atoms with Gasteiger partial charge in [-0.3, -0.25) is 23.2 Å². The Balaban J connectivity index is 1.55. The van der Waals surface area contributed by atoms with Crippen molar-refractivity contribution in [2.24, 2.45) is 7.05 Å². The molecule has 0 radical (unpaired) electrons. The van der Waals surface area contributed by atoms with Crippen LogP contribution < -0.4 is 11.2 Å². The van der Waals surface area contributed by atoms with Gasteiger partial charge in [0.1, 0.15) is 0 Å². The zero-order valence-corrected chi connectivity index (χ0v) is 20.6. The fourth-order valence-corrected chi connectivity index (χ4v) is 5.11. The Labute approximate surface area is 205 Å². The third-order valence-electron chi connectivity index (χ3n) is 6.48. The molecule has 1 aliphatic rings. The molecule has 0 unspecified atom stereocenters. The van der Waals surface area contributed by atoms with E-state index in [0.717, 1.165) is 56.1 Å². The van der Waals surface area contributed by atoms with Gasteiger partial charge in [-0.15, -0.1) is 0 Å². The van der Waals surface area contributed by atoms with Crippen molar-refractivity contribution in [3.8, 4) is 0 Å². The number of aromatic nitrogens is 5. The number of hydrogen-bond donors (Lipinski definition) is 0. The molecule has 180 valence electrons. The lowest BCUT2D eigenvalue weighted by Crippen LogP contribution is -2.39.